The second kappa shape index (κ2) is 9.42. The van der Waals surface area contributed by atoms with Gasteiger partial charge in [0, 0.05) is 38.9 Å². The van der Waals surface area contributed by atoms with Crippen molar-refractivity contribution in [3.8, 4) is 5.88 Å². The third kappa shape index (κ3) is 4.74. The van der Waals surface area contributed by atoms with Gasteiger partial charge in [-0.25, -0.2) is 9.37 Å². The zero-order valence-electron chi connectivity index (χ0n) is 17.3. The number of nitrogens with zero attached hydrogens (tertiary/aromatic N) is 4. The van der Waals surface area contributed by atoms with Crippen molar-refractivity contribution in [1.82, 2.24) is 15.3 Å². The average Bonchev–Trinajstić information content (AvgIpc) is 2.83. The van der Waals surface area contributed by atoms with E-state index in [1.807, 2.05) is 46.2 Å². The number of carbonyl (C=O) groups excluding carboxylic acids is 1. The second-order valence-electron chi connectivity index (χ2n) is 7.19. The average molecular weight is 421 g/mol. The number of nitrogens with one attached hydrogen (secondary N) is 1. The van der Waals surface area contributed by atoms with Crippen molar-refractivity contribution in [2.24, 2.45) is 0 Å². The summed E-state index contributed by atoms with van der Waals surface area (Å²) in [5.41, 5.74) is 1.89. The molecule has 2 heterocycles. The summed E-state index contributed by atoms with van der Waals surface area (Å²) in [4.78, 5) is 25.4. The number of methoxy groups -OCH3 is 1. The molecular weight excluding hydrogens is 397 g/mol. The van der Waals surface area contributed by atoms with Crippen molar-refractivity contribution >= 4 is 17.5 Å². The highest BCUT2D eigenvalue weighted by molar-refractivity contribution is 5.96. The highest BCUT2D eigenvalue weighted by Gasteiger charge is 2.23. The fourth-order valence-corrected chi connectivity index (χ4v) is 3.55. The summed E-state index contributed by atoms with van der Waals surface area (Å²) < 4.78 is 19.4. The molecule has 0 radical (unpaired) electrons. The van der Waals surface area contributed by atoms with Gasteiger partial charge in [0.15, 0.2) is 0 Å². The predicted molar refractivity (Wildman–Crippen MR) is 117 cm³/mol. The molecule has 1 N–H and O–H groups in total. The molecule has 0 saturated carbocycles. The van der Waals surface area contributed by atoms with Crippen molar-refractivity contribution in [3.63, 3.8) is 0 Å². The molecule has 8 heteroatoms. The van der Waals surface area contributed by atoms with Crippen molar-refractivity contribution in [2.45, 2.75) is 6.54 Å². The molecule has 0 bridgehead atoms. The molecule has 1 aliphatic heterocycles. The van der Waals surface area contributed by atoms with Crippen molar-refractivity contribution in [1.29, 1.82) is 0 Å². The standard InChI is InChI=1S/C23H24FN5O2/c1-31-22-18(21(30)25-15-17-7-3-2-4-8-17)16-26-23(27-22)29-13-11-28(12-14-29)20-10-6-5-9-19(20)24/h2-10,16H,11-15H2,1H3,(H,25,30). The van der Waals surface area contributed by atoms with Gasteiger partial charge >= 0.3 is 0 Å². The van der Waals surface area contributed by atoms with E-state index in [4.69, 9.17) is 4.74 Å². The topological polar surface area (TPSA) is 70.6 Å². The van der Waals surface area contributed by atoms with Crippen molar-refractivity contribution in [3.05, 3.63) is 77.7 Å². The Morgan fingerprint density at radius 3 is 2.42 bits per heavy atom. The molecule has 1 aromatic heterocycles. The highest BCUT2D eigenvalue weighted by atomic mass is 19.1. The molecule has 160 valence electrons. The highest BCUT2D eigenvalue weighted by Crippen LogP contribution is 2.23. The molecule has 1 aliphatic rings. The summed E-state index contributed by atoms with van der Waals surface area (Å²) in [5.74, 6) is 0.202. The summed E-state index contributed by atoms with van der Waals surface area (Å²) in [5, 5.41) is 2.86. The Kier molecular flexibility index (Phi) is 6.26. The minimum atomic E-state index is -0.295. The number of aromatic nitrogens is 2. The molecule has 0 unspecified atom stereocenters. The quantitative estimate of drug-likeness (QED) is 0.660. The van der Waals surface area contributed by atoms with Crippen LogP contribution in [-0.2, 0) is 6.54 Å². The number of rotatable bonds is 6. The van der Waals surface area contributed by atoms with Crippen LogP contribution >= 0.6 is 0 Å². The number of para-hydroxylation sites is 1. The van der Waals surface area contributed by atoms with E-state index in [0.717, 1.165) is 5.56 Å². The SMILES string of the molecule is COc1nc(N2CCN(c3ccccc3F)CC2)ncc1C(=O)NCc1ccccc1. The van der Waals surface area contributed by atoms with E-state index in [-0.39, 0.29) is 23.2 Å². The van der Waals surface area contributed by atoms with Gasteiger partial charge in [-0.05, 0) is 17.7 Å². The molecule has 7 nitrogen and oxygen atoms in total. The Balaban J connectivity index is 1.41. The van der Waals surface area contributed by atoms with Crippen LogP contribution in [0.3, 0.4) is 0 Å². The molecule has 31 heavy (non-hydrogen) atoms. The molecule has 0 spiro atoms. The molecule has 2 aromatic carbocycles. The lowest BCUT2D eigenvalue weighted by molar-refractivity contribution is 0.0946. The number of benzene rings is 2. The Labute approximate surface area is 180 Å². The van der Waals surface area contributed by atoms with Crippen LogP contribution in [0.5, 0.6) is 5.88 Å². The Bertz CT molecular complexity index is 1040. The summed E-state index contributed by atoms with van der Waals surface area (Å²) in [7, 11) is 1.48. The minimum Gasteiger partial charge on any atom is -0.480 e. The first-order valence-corrected chi connectivity index (χ1v) is 10.1. The molecule has 3 aromatic rings. The zero-order chi connectivity index (χ0) is 21.6. The predicted octanol–water partition coefficient (Wildman–Crippen LogP) is 2.88. The third-order valence-corrected chi connectivity index (χ3v) is 5.23. The lowest BCUT2D eigenvalue weighted by Crippen LogP contribution is -2.47. The van der Waals surface area contributed by atoms with Gasteiger partial charge in [-0.1, -0.05) is 42.5 Å². The Morgan fingerprint density at radius 1 is 1.03 bits per heavy atom. The number of anilines is 2. The lowest BCUT2D eigenvalue weighted by atomic mass is 10.2. The fraction of sp³-hybridized carbons (Fsp3) is 0.261. The van der Waals surface area contributed by atoms with Gasteiger partial charge in [0.25, 0.3) is 5.91 Å². The lowest BCUT2D eigenvalue weighted by Gasteiger charge is -2.36. The molecule has 4 rings (SSSR count). The van der Waals surface area contributed by atoms with E-state index in [1.165, 1.54) is 19.4 Å². The zero-order valence-corrected chi connectivity index (χ0v) is 17.3. The summed E-state index contributed by atoms with van der Waals surface area (Å²) >= 11 is 0. The van der Waals surface area contributed by atoms with Crippen LogP contribution in [0.15, 0.2) is 60.8 Å². The first-order valence-electron chi connectivity index (χ1n) is 10.1. The summed E-state index contributed by atoms with van der Waals surface area (Å²) in [6.07, 6.45) is 1.49. The monoisotopic (exact) mass is 421 g/mol. The van der Waals surface area contributed by atoms with Gasteiger partial charge in [0.2, 0.25) is 11.8 Å². The number of piperazine rings is 1. The van der Waals surface area contributed by atoms with Gasteiger partial charge in [-0.2, -0.15) is 4.98 Å². The van der Waals surface area contributed by atoms with E-state index in [2.05, 4.69) is 15.3 Å². The van der Waals surface area contributed by atoms with Crippen LogP contribution in [0.2, 0.25) is 0 Å². The Morgan fingerprint density at radius 2 is 1.71 bits per heavy atom. The van der Waals surface area contributed by atoms with Crippen LogP contribution in [0.25, 0.3) is 0 Å². The molecule has 1 amide bonds. The second-order valence-corrected chi connectivity index (χ2v) is 7.19. The largest absolute Gasteiger partial charge is 0.480 e. The number of ether oxygens (including phenoxy) is 1. The van der Waals surface area contributed by atoms with Gasteiger partial charge < -0.3 is 19.9 Å². The third-order valence-electron chi connectivity index (χ3n) is 5.23. The number of amides is 1. The maximum atomic E-state index is 14.0. The van der Waals surface area contributed by atoms with Crippen LogP contribution in [0, 0.1) is 5.82 Å². The van der Waals surface area contributed by atoms with Crippen LogP contribution < -0.4 is 19.9 Å². The molecule has 1 saturated heterocycles. The summed E-state index contributed by atoms with van der Waals surface area (Å²) in [6, 6.07) is 16.4. The van der Waals surface area contributed by atoms with Crippen LogP contribution in [0.4, 0.5) is 16.0 Å². The maximum absolute atomic E-state index is 14.0. The molecule has 0 aliphatic carbocycles. The van der Waals surface area contributed by atoms with Gasteiger partial charge in [0.1, 0.15) is 11.4 Å². The Hall–Kier alpha value is -3.68. The van der Waals surface area contributed by atoms with Crippen molar-refractivity contribution < 1.29 is 13.9 Å². The van der Waals surface area contributed by atoms with Crippen LogP contribution in [-0.4, -0.2) is 49.2 Å². The number of hydrogen-bond acceptors (Lipinski definition) is 6. The first-order chi connectivity index (χ1) is 15.2. The fourth-order valence-electron chi connectivity index (χ4n) is 3.55. The van der Waals surface area contributed by atoms with E-state index in [9.17, 15) is 9.18 Å². The van der Waals surface area contributed by atoms with E-state index in [1.54, 1.807) is 12.1 Å². The van der Waals surface area contributed by atoms with E-state index in [0.29, 0.717) is 44.4 Å². The van der Waals surface area contributed by atoms with Gasteiger partial charge in [0.05, 0.1) is 12.8 Å². The van der Waals surface area contributed by atoms with E-state index < -0.39 is 0 Å². The van der Waals surface area contributed by atoms with Crippen LogP contribution in [0.1, 0.15) is 15.9 Å². The summed E-state index contributed by atoms with van der Waals surface area (Å²) in [6.45, 7) is 2.97. The smallest absolute Gasteiger partial charge is 0.258 e. The molecular formula is C23H24FN5O2. The van der Waals surface area contributed by atoms with Gasteiger partial charge in [-0.3, -0.25) is 4.79 Å². The van der Waals surface area contributed by atoms with Crippen molar-refractivity contribution in [2.75, 3.05) is 43.1 Å². The normalized spacial score (nSPS) is 13.7. The maximum Gasteiger partial charge on any atom is 0.258 e. The first kappa shape index (κ1) is 20.6. The minimum absolute atomic E-state index is 0.222. The molecule has 1 fully saturated rings. The number of carbonyl (C=O) groups is 1. The van der Waals surface area contributed by atoms with E-state index >= 15 is 0 Å². The molecule has 0 atom stereocenters. The number of hydrogen-bond donors (Lipinski definition) is 1. The number of halogens is 1. The van der Waals surface area contributed by atoms with Gasteiger partial charge in [-0.15, -0.1) is 0 Å².